The molecule has 0 unspecified atom stereocenters. The Hall–Kier alpha value is -2.80. The van der Waals surface area contributed by atoms with Crippen molar-refractivity contribution in [3.05, 3.63) is 59.7 Å². The van der Waals surface area contributed by atoms with Crippen molar-refractivity contribution in [3.63, 3.8) is 0 Å². The summed E-state index contributed by atoms with van der Waals surface area (Å²) in [6.07, 6.45) is 4.85. The number of nitrogens with zero attached hydrogens (tertiary/aromatic N) is 3. The van der Waals surface area contributed by atoms with Crippen molar-refractivity contribution in [2.75, 3.05) is 26.3 Å². The molecule has 0 atom stereocenters. The van der Waals surface area contributed by atoms with Gasteiger partial charge in [-0.3, -0.25) is 19.6 Å². The van der Waals surface area contributed by atoms with Gasteiger partial charge in [-0.1, -0.05) is 6.07 Å². The molecule has 0 saturated carbocycles. The summed E-state index contributed by atoms with van der Waals surface area (Å²) >= 11 is 0. The van der Waals surface area contributed by atoms with Gasteiger partial charge in [0.15, 0.2) is 0 Å². The molecule has 2 aromatic rings. The smallest absolute Gasteiger partial charge is 0.272 e. The van der Waals surface area contributed by atoms with E-state index in [0.717, 1.165) is 5.56 Å². The van der Waals surface area contributed by atoms with Crippen molar-refractivity contribution in [2.24, 2.45) is 0 Å². The number of rotatable bonds is 4. The fourth-order valence-corrected chi connectivity index (χ4v) is 2.40. The van der Waals surface area contributed by atoms with Crippen molar-refractivity contribution in [1.82, 2.24) is 20.2 Å². The van der Waals surface area contributed by atoms with Gasteiger partial charge in [0.25, 0.3) is 11.8 Å². The van der Waals surface area contributed by atoms with Crippen LogP contribution in [0.2, 0.25) is 0 Å². The predicted octanol–water partition coefficient (Wildman–Crippen LogP) is 0.879. The second-order valence-corrected chi connectivity index (χ2v) is 5.38. The van der Waals surface area contributed by atoms with E-state index in [2.05, 4.69) is 15.3 Å². The SMILES string of the molecule is O=C(NCc1cccnc1)c1ccnc(C(=O)N2CCOCC2)c1. The fourth-order valence-electron chi connectivity index (χ4n) is 2.40. The van der Waals surface area contributed by atoms with Gasteiger partial charge in [-0.05, 0) is 23.8 Å². The number of nitrogens with one attached hydrogen (secondary N) is 1. The Bertz CT molecular complexity index is 715. The third-order valence-corrected chi connectivity index (χ3v) is 3.72. The average Bonchev–Trinajstić information content (AvgIpc) is 2.67. The highest BCUT2D eigenvalue weighted by atomic mass is 16.5. The fraction of sp³-hybridized carbons (Fsp3) is 0.294. The van der Waals surface area contributed by atoms with E-state index >= 15 is 0 Å². The van der Waals surface area contributed by atoms with Gasteiger partial charge in [-0.25, -0.2) is 0 Å². The molecule has 124 valence electrons. The Kier molecular flexibility index (Phi) is 5.12. The summed E-state index contributed by atoms with van der Waals surface area (Å²) in [5, 5.41) is 2.81. The molecular weight excluding hydrogens is 308 g/mol. The van der Waals surface area contributed by atoms with Crippen LogP contribution >= 0.6 is 0 Å². The van der Waals surface area contributed by atoms with Gasteiger partial charge in [0, 0.05) is 43.8 Å². The highest BCUT2D eigenvalue weighted by Crippen LogP contribution is 2.08. The molecule has 1 aliphatic rings. The monoisotopic (exact) mass is 326 g/mol. The molecular formula is C17H18N4O3. The van der Waals surface area contributed by atoms with Crippen LogP contribution in [0.15, 0.2) is 42.9 Å². The van der Waals surface area contributed by atoms with Crippen LogP contribution in [0.3, 0.4) is 0 Å². The maximum absolute atomic E-state index is 12.4. The first-order valence-corrected chi connectivity index (χ1v) is 7.74. The highest BCUT2D eigenvalue weighted by Gasteiger charge is 2.20. The number of amides is 2. The second-order valence-electron chi connectivity index (χ2n) is 5.38. The van der Waals surface area contributed by atoms with Gasteiger partial charge >= 0.3 is 0 Å². The van der Waals surface area contributed by atoms with Crippen LogP contribution < -0.4 is 5.32 Å². The summed E-state index contributed by atoms with van der Waals surface area (Å²) in [5.41, 5.74) is 1.58. The molecule has 0 aromatic carbocycles. The lowest BCUT2D eigenvalue weighted by Crippen LogP contribution is -2.41. The van der Waals surface area contributed by atoms with E-state index in [-0.39, 0.29) is 17.5 Å². The highest BCUT2D eigenvalue weighted by molar-refractivity contribution is 5.98. The molecule has 7 nitrogen and oxygen atoms in total. The minimum Gasteiger partial charge on any atom is -0.378 e. The minimum absolute atomic E-state index is 0.180. The molecule has 0 aliphatic carbocycles. The van der Waals surface area contributed by atoms with E-state index in [9.17, 15) is 9.59 Å². The van der Waals surface area contributed by atoms with Crippen molar-refractivity contribution in [3.8, 4) is 0 Å². The molecule has 1 fully saturated rings. The van der Waals surface area contributed by atoms with E-state index in [4.69, 9.17) is 4.74 Å². The van der Waals surface area contributed by atoms with Crippen LogP contribution in [0.5, 0.6) is 0 Å². The number of ether oxygens (including phenoxy) is 1. The molecule has 0 spiro atoms. The van der Waals surface area contributed by atoms with Crippen molar-refractivity contribution >= 4 is 11.8 Å². The van der Waals surface area contributed by atoms with Gasteiger partial charge in [-0.15, -0.1) is 0 Å². The van der Waals surface area contributed by atoms with Gasteiger partial charge in [-0.2, -0.15) is 0 Å². The lowest BCUT2D eigenvalue weighted by molar-refractivity contribution is 0.0299. The summed E-state index contributed by atoms with van der Waals surface area (Å²) in [4.78, 5) is 34.5. The zero-order valence-corrected chi connectivity index (χ0v) is 13.1. The molecule has 3 rings (SSSR count). The number of hydrogen-bond donors (Lipinski definition) is 1. The number of carbonyl (C=O) groups is 2. The van der Waals surface area contributed by atoms with Crippen molar-refractivity contribution < 1.29 is 14.3 Å². The van der Waals surface area contributed by atoms with Crippen LogP contribution in [-0.2, 0) is 11.3 Å². The topological polar surface area (TPSA) is 84.4 Å². The number of hydrogen-bond acceptors (Lipinski definition) is 5. The van der Waals surface area contributed by atoms with Crippen LogP contribution in [0, 0.1) is 0 Å². The Morgan fingerprint density at radius 3 is 2.79 bits per heavy atom. The molecule has 1 N–H and O–H groups in total. The molecule has 0 radical (unpaired) electrons. The van der Waals surface area contributed by atoms with Gasteiger partial charge < -0.3 is 15.0 Å². The zero-order valence-electron chi connectivity index (χ0n) is 13.1. The predicted molar refractivity (Wildman–Crippen MR) is 86.4 cm³/mol. The Morgan fingerprint density at radius 2 is 2.04 bits per heavy atom. The summed E-state index contributed by atoms with van der Waals surface area (Å²) in [6, 6.07) is 6.81. The largest absolute Gasteiger partial charge is 0.378 e. The van der Waals surface area contributed by atoms with Gasteiger partial charge in [0.1, 0.15) is 5.69 Å². The third kappa shape index (κ3) is 3.94. The molecule has 1 saturated heterocycles. The van der Waals surface area contributed by atoms with E-state index in [0.29, 0.717) is 38.4 Å². The standard InChI is InChI=1S/C17H18N4O3/c22-16(20-12-13-2-1-4-18-11-13)14-3-5-19-15(10-14)17(23)21-6-8-24-9-7-21/h1-5,10-11H,6-9,12H2,(H,20,22). The van der Waals surface area contributed by atoms with Crippen LogP contribution in [0.4, 0.5) is 0 Å². The van der Waals surface area contributed by atoms with Crippen molar-refractivity contribution in [2.45, 2.75) is 6.54 Å². The first kappa shape index (κ1) is 16.1. The number of morpholine rings is 1. The second kappa shape index (κ2) is 7.65. The first-order chi connectivity index (χ1) is 11.7. The molecule has 2 aromatic heterocycles. The van der Waals surface area contributed by atoms with E-state index < -0.39 is 0 Å². The molecule has 2 amide bonds. The molecule has 7 heteroatoms. The summed E-state index contributed by atoms with van der Waals surface area (Å²) < 4.78 is 5.24. The average molecular weight is 326 g/mol. The van der Waals surface area contributed by atoms with Crippen LogP contribution in [0.1, 0.15) is 26.4 Å². The quantitative estimate of drug-likeness (QED) is 0.901. The number of carbonyl (C=O) groups excluding carboxylic acids is 2. The number of pyridine rings is 2. The van der Waals surface area contributed by atoms with Gasteiger partial charge in [0.05, 0.1) is 13.2 Å². The van der Waals surface area contributed by atoms with Crippen LogP contribution in [0.25, 0.3) is 0 Å². The Labute approximate surface area is 139 Å². The van der Waals surface area contributed by atoms with E-state index in [1.807, 2.05) is 12.1 Å². The Morgan fingerprint density at radius 1 is 1.21 bits per heavy atom. The number of aromatic nitrogens is 2. The Balaban J connectivity index is 1.65. The minimum atomic E-state index is -0.253. The summed E-state index contributed by atoms with van der Waals surface area (Å²) in [7, 11) is 0. The van der Waals surface area contributed by atoms with Crippen molar-refractivity contribution in [1.29, 1.82) is 0 Å². The lowest BCUT2D eigenvalue weighted by atomic mass is 10.2. The lowest BCUT2D eigenvalue weighted by Gasteiger charge is -2.26. The molecule has 0 bridgehead atoms. The summed E-state index contributed by atoms with van der Waals surface area (Å²) in [5.74, 6) is -0.433. The summed E-state index contributed by atoms with van der Waals surface area (Å²) in [6.45, 7) is 2.51. The maximum atomic E-state index is 12.4. The van der Waals surface area contributed by atoms with Gasteiger partial charge in [0.2, 0.25) is 0 Å². The van der Waals surface area contributed by atoms with E-state index in [1.165, 1.54) is 12.3 Å². The molecule has 24 heavy (non-hydrogen) atoms. The molecule has 1 aliphatic heterocycles. The zero-order chi connectivity index (χ0) is 16.8. The normalized spacial score (nSPS) is 14.2. The first-order valence-electron chi connectivity index (χ1n) is 7.74. The van der Waals surface area contributed by atoms with E-state index in [1.54, 1.807) is 23.4 Å². The third-order valence-electron chi connectivity index (χ3n) is 3.72. The van der Waals surface area contributed by atoms with Crippen LogP contribution in [-0.4, -0.2) is 53.0 Å². The maximum Gasteiger partial charge on any atom is 0.272 e. The molecule has 3 heterocycles.